The van der Waals surface area contributed by atoms with Crippen LogP contribution in [-0.4, -0.2) is 10.4 Å². The van der Waals surface area contributed by atoms with E-state index in [1.54, 1.807) is 12.1 Å². The van der Waals surface area contributed by atoms with Crippen molar-refractivity contribution in [1.29, 1.82) is 0 Å². The average Bonchev–Trinajstić information content (AvgIpc) is 2.48. The maximum Gasteiger partial charge on any atom is 0.128 e. The van der Waals surface area contributed by atoms with Crippen LogP contribution < -0.4 is 0 Å². The lowest BCUT2D eigenvalue weighted by atomic mass is 10.1. The number of rotatable bonds is 0. The van der Waals surface area contributed by atoms with Crippen LogP contribution >= 0.6 is 0 Å². The molecule has 0 bridgehead atoms. The molecular formula is C13H20FN. The largest absolute Gasteiger partial charge is 0.290 e. The van der Waals surface area contributed by atoms with Crippen molar-refractivity contribution in [2.24, 2.45) is 0 Å². The normalized spacial score (nSPS) is 16.0. The van der Waals surface area contributed by atoms with E-state index < -0.39 is 0 Å². The minimum Gasteiger partial charge on any atom is -0.290 e. The van der Waals surface area contributed by atoms with Gasteiger partial charge in [-0.1, -0.05) is 19.6 Å². The smallest absolute Gasteiger partial charge is 0.128 e. The van der Waals surface area contributed by atoms with E-state index in [1.807, 2.05) is 6.07 Å². The molecule has 0 aromatic heterocycles. The molecular weight excluding hydrogens is 189 g/mol. The van der Waals surface area contributed by atoms with E-state index >= 15 is 0 Å². The lowest BCUT2D eigenvalue weighted by molar-refractivity contribution is 0.135. The molecule has 0 spiro atoms. The van der Waals surface area contributed by atoms with E-state index in [2.05, 4.69) is 25.7 Å². The second kappa shape index (κ2) is 3.93. The Morgan fingerprint density at radius 3 is 2.40 bits per heavy atom. The summed E-state index contributed by atoms with van der Waals surface area (Å²) in [6.45, 7) is 8.10. The molecule has 15 heavy (non-hydrogen) atoms. The zero-order valence-corrected chi connectivity index (χ0v) is 8.97. The minimum absolute atomic E-state index is 0. The molecule has 1 aromatic rings. The summed E-state index contributed by atoms with van der Waals surface area (Å²) in [5, 5.41) is 0. The summed E-state index contributed by atoms with van der Waals surface area (Å²) in [5.41, 5.74) is 2.13. The molecule has 0 saturated carbocycles. The number of nitrogens with zero attached hydrogens (tertiary/aromatic N) is 1. The van der Waals surface area contributed by atoms with Crippen LogP contribution in [0.15, 0.2) is 18.2 Å². The maximum atomic E-state index is 13.4. The van der Waals surface area contributed by atoms with Crippen molar-refractivity contribution in [1.82, 2.24) is 4.90 Å². The van der Waals surface area contributed by atoms with Gasteiger partial charge in [0.25, 0.3) is 0 Å². The van der Waals surface area contributed by atoms with E-state index in [-0.39, 0.29) is 18.8 Å². The first kappa shape index (κ1) is 12.2. The van der Waals surface area contributed by atoms with Gasteiger partial charge in [-0.05, 0) is 32.4 Å². The Labute approximate surface area is 91.9 Å². The zero-order valence-electron chi connectivity index (χ0n) is 8.97. The third-order valence-corrected chi connectivity index (χ3v) is 2.87. The maximum absolute atomic E-state index is 13.4. The lowest BCUT2D eigenvalue weighted by Crippen LogP contribution is -2.36. The van der Waals surface area contributed by atoms with Crippen LogP contribution in [0.3, 0.4) is 0 Å². The lowest BCUT2D eigenvalue weighted by Gasteiger charge is -2.31. The van der Waals surface area contributed by atoms with Crippen molar-refractivity contribution in [3.05, 3.63) is 35.1 Å². The molecule has 2 rings (SSSR count). The predicted molar refractivity (Wildman–Crippen MR) is 62.1 cm³/mol. The Balaban J connectivity index is 0.00000112. The fourth-order valence-electron chi connectivity index (χ4n) is 1.86. The first-order valence-electron chi connectivity index (χ1n) is 5.00. The highest BCUT2D eigenvalue weighted by molar-refractivity contribution is 5.32. The van der Waals surface area contributed by atoms with Gasteiger partial charge in [-0.15, -0.1) is 0 Å². The molecule has 0 amide bonds. The van der Waals surface area contributed by atoms with E-state index in [0.29, 0.717) is 0 Å². The fraction of sp³-hybridized carbons (Fsp3) is 0.538. The SMILES string of the molecule is C.CC(C)(C)N1Cc2cccc(F)c2C1. The molecule has 0 fully saturated rings. The summed E-state index contributed by atoms with van der Waals surface area (Å²) in [6, 6.07) is 5.36. The van der Waals surface area contributed by atoms with Crippen LogP contribution in [-0.2, 0) is 13.1 Å². The summed E-state index contributed by atoms with van der Waals surface area (Å²) in [5.74, 6) is -0.0609. The monoisotopic (exact) mass is 209 g/mol. The summed E-state index contributed by atoms with van der Waals surface area (Å²) in [4.78, 5) is 2.29. The van der Waals surface area contributed by atoms with Crippen molar-refractivity contribution < 1.29 is 4.39 Å². The Hall–Kier alpha value is -0.890. The fourth-order valence-corrected chi connectivity index (χ4v) is 1.86. The molecule has 84 valence electrons. The summed E-state index contributed by atoms with van der Waals surface area (Å²) in [7, 11) is 0. The van der Waals surface area contributed by atoms with Crippen LogP contribution in [0.4, 0.5) is 4.39 Å². The predicted octanol–water partition coefficient (Wildman–Crippen LogP) is 3.58. The van der Waals surface area contributed by atoms with Gasteiger partial charge in [0.2, 0.25) is 0 Å². The quantitative estimate of drug-likeness (QED) is 0.631. The van der Waals surface area contributed by atoms with Crippen molar-refractivity contribution >= 4 is 0 Å². The molecule has 0 N–H and O–H groups in total. The Morgan fingerprint density at radius 1 is 1.20 bits per heavy atom. The highest BCUT2D eigenvalue weighted by Gasteiger charge is 2.29. The molecule has 0 saturated heterocycles. The van der Waals surface area contributed by atoms with Gasteiger partial charge in [0.05, 0.1) is 0 Å². The van der Waals surface area contributed by atoms with Crippen LogP contribution in [0.2, 0.25) is 0 Å². The first-order valence-corrected chi connectivity index (χ1v) is 5.00. The topological polar surface area (TPSA) is 3.24 Å². The number of fused-ring (bicyclic) bond motifs is 1. The summed E-state index contributed by atoms with van der Waals surface area (Å²) in [6.07, 6.45) is 0. The van der Waals surface area contributed by atoms with Crippen LogP contribution in [0.1, 0.15) is 39.3 Å². The van der Waals surface area contributed by atoms with Crippen LogP contribution in [0.25, 0.3) is 0 Å². The van der Waals surface area contributed by atoms with Gasteiger partial charge in [0.15, 0.2) is 0 Å². The molecule has 2 heteroatoms. The number of hydrogen-bond donors (Lipinski definition) is 0. The van der Waals surface area contributed by atoms with Crippen molar-refractivity contribution in [3.8, 4) is 0 Å². The molecule has 1 aromatic carbocycles. The third-order valence-electron chi connectivity index (χ3n) is 2.87. The van der Waals surface area contributed by atoms with E-state index in [4.69, 9.17) is 0 Å². The summed E-state index contributed by atoms with van der Waals surface area (Å²) < 4.78 is 13.4. The molecule has 0 atom stereocenters. The molecule has 0 unspecified atom stereocenters. The van der Waals surface area contributed by atoms with Gasteiger partial charge >= 0.3 is 0 Å². The Morgan fingerprint density at radius 2 is 1.87 bits per heavy atom. The average molecular weight is 209 g/mol. The van der Waals surface area contributed by atoms with Crippen LogP contribution in [0, 0.1) is 5.82 Å². The molecule has 1 aliphatic heterocycles. The molecule has 0 radical (unpaired) electrons. The zero-order chi connectivity index (χ0) is 10.3. The van der Waals surface area contributed by atoms with Gasteiger partial charge < -0.3 is 0 Å². The molecule has 1 nitrogen and oxygen atoms in total. The minimum atomic E-state index is -0.0609. The Kier molecular flexibility index (Phi) is 3.19. The second-order valence-electron chi connectivity index (χ2n) is 4.90. The first-order chi connectivity index (χ1) is 6.48. The van der Waals surface area contributed by atoms with Gasteiger partial charge in [-0.25, -0.2) is 4.39 Å². The van der Waals surface area contributed by atoms with Gasteiger partial charge in [-0.3, -0.25) is 4.90 Å². The van der Waals surface area contributed by atoms with E-state index in [9.17, 15) is 4.39 Å². The van der Waals surface area contributed by atoms with Crippen molar-refractivity contribution in [2.75, 3.05) is 0 Å². The highest BCUT2D eigenvalue weighted by atomic mass is 19.1. The van der Waals surface area contributed by atoms with Gasteiger partial charge in [0, 0.05) is 24.2 Å². The van der Waals surface area contributed by atoms with Crippen LogP contribution in [0.5, 0.6) is 0 Å². The van der Waals surface area contributed by atoms with Crippen molar-refractivity contribution in [2.45, 2.75) is 46.8 Å². The number of hydrogen-bond acceptors (Lipinski definition) is 1. The molecule has 0 aliphatic carbocycles. The standard InChI is InChI=1S/C12H16FN.CH4/c1-12(2,3)14-7-9-5-4-6-11(13)10(9)8-14;/h4-6H,7-8H2,1-3H3;1H4. The second-order valence-corrected chi connectivity index (χ2v) is 4.90. The molecule has 1 aliphatic rings. The Bertz CT molecular complexity index is 352. The van der Waals surface area contributed by atoms with E-state index in [1.165, 1.54) is 0 Å². The van der Waals surface area contributed by atoms with Crippen molar-refractivity contribution in [3.63, 3.8) is 0 Å². The number of benzene rings is 1. The van der Waals surface area contributed by atoms with Gasteiger partial charge in [-0.2, -0.15) is 0 Å². The van der Waals surface area contributed by atoms with E-state index in [0.717, 1.165) is 24.2 Å². The highest BCUT2D eigenvalue weighted by Crippen LogP contribution is 2.30. The van der Waals surface area contributed by atoms with Gasteiger partial charge in [0.1, 0.15) is 5.82 Å². The third kappa shape index (κ3) is 2.20. The number of halogens is 1. The summed E-state index contributed by atoms with van der Waals surface area (Å²) >= 11 is 0. The molecule has 1 heterocycles.